The Kier molecular flexibility index (Phi) is 4.42. The van der Waals surface area contributed by atoms with E-state index in [9.17, 15) is 9.90 Å². The number of methoxy groups -OCH3 is 1. The first-order chi connectivity index (χ1) is 11.7. The number of fused-ring (bicyclic) bond motifs is 1. The molecule has 2 aromatic carbocycles. The molecule has 1 aromatic heterocycles. The van der Waals surface area contributed by atoms with Crippen LogP contribution in [-0.4, -0.2) is 29.7 Å². The number of carbonyl (C=O) groups is 1. The standard InChI is InChI=1S/C17H15N3O4/c1-23-11-6-8-12(9-7-11)24-10-15(21)19-20-16-13-4-2-3-5-14(13)18-17(16)22/h2-9,18,22H,10H2,1H3. The molecular formula is C17H15N3O4. The molecule has 0 unspecified atom stereocenters. The SMILES string of the molecule is COc1ccc(OCC(=O)N=Nc2c(O)[nH]c3ccccc23)cc1. The van der Waals surface area contributed by atoms with Crippen molar-refractivity contribution in [1.82, 2.24) is 4.98 Å². The number of aromatic nitrogens is 1. The van der Waals surface area contributed by atoms with Crippen molar-refractivity contribution in [3.63, 3.8) is 0 Å². The number of rotatable bonds is 5. The molecule has 0 saturated carbocycles. The van der Waals surface area contributed by atoms with Gasteiger partial charge in [0.2, 0.25) is 5.88 Å². The Morgan fingerprint density at radius 2 is 1.83 bits per heavy atom. The number of amides is 1. The van der Waals surface area contributed by atoms with Crippen LogP contribution in [0.1, 0.15) is 0 Å². The third-order valence-electron chi connectivity index (χ3n) is 3.34. The van der Waals surface area contributed by atoms with Crippen molar-refractivity contribution in [2.75, 3.05) is 13.7 Å². The highest BCUT2D eigenvalue weighted by Crippen LogP contribution is 2.35. The van der Waals surface area contributed by atoms with E-state index in [4.69, 9.17) is 9.47 Å². The molecule has 0 bridgehead atoms. The molecule has 3 aromatic rings. The number of para-hydroxylation sites is 1. The largest absolute Gasteiger partial charge is 0.497 e. The quantitative estimate of drug-likeness (QED) is 0.701. The fourth-order valence-corrected chi connectivity index (χ4v) is 2.17. The normalized spacial score (nSPS) is 11.0. The number of benzene rings is 2. The van der Waals surface area contributed by atoms with E-state index >= 15 is 0 Å². The molecule has 24 heavy (non-hydrogen) atoms. The summed E-state index contributed by atoms with van der Waals surface area (Å²) in [6, 6.07) is 14.0. The summed E-state index contributed by atoms with van der Waals surface area (Å²) in [5.41, 5.74) is 0.939. The van der Waals surface area contributed by atoms with Crippen LogP contribution in [0.4, 0.5) is 5.69 Å². The Hall–Kier alpha value is -3.35. The van der Waals surface area contributed by atoms with Gasteiger partial charge in [-0.1, -0.05) is 18.2 Å². The molecule has 0 aliphatic heterocycles. The summed E-state index contributed by atoms with van der Waals surface area (Å²) in [5.74, 6) is 0.525. The molecule has 0 aliphatic carbocycles. The van der Waals surface area contributed by atoms with Gasteiger partial charge in [0.05, 0.1) is 12.6 Å². The average molecular weight is 325 g/mol. The van der Waals surface area contributed by atoms with E-state index in [1.54, 1.807) is 43.5 Å². The van der Waals surface area contributed by atoms with Crippen molar-refractivity contribution in [2.45, 2.75) is 0 Å². The van der Waals surface area contributed by atoms with Gasteiger partial charge in [0.25, 0.3) is 0 Å². The second kappa shape index (κ2) is 6.82. The first kappa shape index (κ1) is 15.5. The topological polar surface area (TPSA) is 96.3 Å². The zero-order valence-electron chi connectivity index (χ0n) is 12.9. The van der Waals surface area contributed by atoms with Crippen LogP contribution < -0.4 is 9.47 Å². The van der Waals surface area contributed by atoms with Crippen molar-refractivity contribution >= 4 is 22.5 Å². The molecular weight excluding hydrogens is 310 g/mol. The second-order valence-electron chi connectivity index (χ2n) is 4.93. The van der Waals surface area contributed by atoms with Crippen molar-refractivity contribution in [1.29, 1.82) is 0 Å². The van der Waals surface area contributed by atoms with Crippen LogP contribution in [0, 0.1) is 0 Å². The van der Waals surface area contributed by atoms with Gasteiger partial charge in [-0.15, -0.1) is 10.2 Å². The monoisotopic (exact) mass is 325 g/mol. The first-order valence-corrected chi connectivity index (χ1v) is 7.18. The predicted octanol–water partition coefficient (Wildman–Crippen LogP) is 3.57. The molecule has 122 valence electrons. The van der Waals surface area contributed by atoms with Crippen molar-refractivity contribution < 1.29 is 19.4 Å². The fourth-order valence-electron chi connectivity index (χ4n) is 2.17. The molecule has 1 heterocycles. The zero-order chi connectivity index (χ0) is 16.9. The molecule has 7 heteroatoms. The van der Waals surface area contributed by atoms with Crippen molar-refractivity contribution in [3.8, 4) is 17.4 Å². The molecule has 3 rings (SSSR count). The maximum atomic E-state index is 11.8. The van der Waals surface area contributed by atoms with Gasteiger partial charge < -0.3 is 19.6 Å². The van der Waals surface area contributed by atoms with Crippen LogP contribution >= 0.6 is 0 Å². The molecule has 1 amide bonds. The van der Waals surface area contributed by atoms with Gasteiger partial charge in [0.1, 0.15) is 11.5 Å². The molecule has 0 fully saturated rings. The van der Waals surface area contributed by atoms with Crippen LogP contribution in [0.2, 0.25) is 0 Å². The second-order valence-corrected chi connectivity index (χ2v) is 4.93. The van der Waals surface area contributed by atoms with Crippen LogP contribution in [0.15, 0.2) is 58.8 Å². The van der Waals surface area contributed by atoms with Gasteiger partial charge in [-0.3, -0.25) is 4.79 Å². The summed E-state index contributed by atoms with van der Waals surface area (Å²) in [6.45, 7) is -0.251. The van der Waals surface area contributed by atoms with E-state index in [1.807, 2.05) is 12.1 Å². The molecule has 0 atom stereocenters. The molecule has 7 nitrogen and oxygen atoms in total. The number of hydrogen-bond donors (Lipinski definition) is 2. The Balaban J connectivity index is 1.65. The summed E-state index contributed by atoms with van der Waals surface area (Å²) >= 11 is 0. The number of ether oxygens (including phenoxy) is 2. The van der Waals surface area contributed by atoms with E-state index in [0.717, 1.165) is 0 Å². The van der Waals surface area contributed by atoms with E-state index in [0.29, 0.717) is 22.4 Å². The summed E-state index contributed by atoms with van der Waals surface area (Å²) < 4.78 is 10.4. The van der Waals surface area contributed by atoms with Crippen LogP contribution in [0.5, 0.6) is 17.4 Å². The van der Waals surface area contributed by atoms with Crippen LogP contribution in [0.25, 0.3) is 10.9 Å². The minimum atomic E-state index is -0.560. The number of aromatic hydroxyl groups is 1. The third-order valence-corrected chi connectivity index (χ3v) is 3.34. The average Bonchev–Trinajstić information content (AvgIpc) is 2.93. The molecule has 0 saturated heterocycles. The lowest BCUT2D eigenvalue weighted by molar-refractivity contribution is -0.120. The number of aromatic amines is 1. The number of azo groups is 1. The maximum absolute atomic E-state index is 11.8. The molecule has 2 N–H and O–H groups in total. The third kappa shape index (κ3) is 3.35. The maximum Gasteiger partial charge on any atom is 0.302 e. The van der Waals surface area contributed by atoms with Gasteiger partial charge in [0.15, 0.2) is 12.3 Å². The Bertz CT molecular complexity index is 884. The minimum absolute atomic E-state index is 0.135. The number of hydrogen-bond acceptors (Lipinski definition) is 5. The Labute approximate surface area is 137 Å². The fraction of sp³-hybridized carbons (Fsp3) is 0.118. The van der Waals surface area contributed by atoms with Gasteiger partial charge in [-0.25, -0.2) is 0 Å². The lowest BCUT2D eigenvalue weighted by Gasteiger charge is -2.04. The highest BCUT2D eigenvalue weighted by Gasteiger charge is 2.10. The Morgan fingerprint density at radius 1 is 1.12 bits per heavy atom. The van der Waals surface area contributed by atoms with E-state index < -0.39 is 5.91 Å². The highest BCUT2D eigenvalue weighted by molar-refractivity contribution is 5.94. The van der Waals surface area contributed by atoms with E-state index in [1.165, 1.54) is 0 Å². The lowest BCUT2D eigenvalue weighted by Crippen LogP contribution is -2.07. The number of carbonyl (C=O) groups excluding carboxylic acids is 1. The van der Waals surface area contributed by atoms with Gasteiger partial charge in [-0.2, -0.15) is 0 Å². The van der Waals surface area contributed by atoms with E-state index in [2.05, 4.69) is 15.2 Å². The predicted molar refractivity (Wildman–Crippen MR) is 88.0 cm³/mol. The minimum Gasteiger partial charge on any atom is -0.497 e. The molecule has 0 radical (unpaired) electrons. The number of nitrogens with one attached hydrogen (secondary N) is 1. The van der Waals surface area contributed by atoms with Gasteiger partial charge >= 0.3 is 5.91 Å². The number of nitrogens with zero attached hydrogens (tertiary/aromatic N) is 2. The molecule has 0 spiro atoms. The smallest absolute Gasteiger partial charge is 0.302 e. The van der Waals surface area contributed by atoms with Crippen molar-refractivity contribution in [3.05, 3.63) is 48.5 Å². The highest BCUT2D eigenvalue weighted by atomic mass is 16.5. The van der Waals surface area contributed by atoms with Gasteiger partial charge in [0, 0.05) is 5.39 Å². The lowest BCUT2D eigenvalue weighted by atomic mass is 10.2. The van der Waals surface area contributed by atoms with E-state index in [-0.39, 0.29) is 18.2 Å². The number of H-pyrrole nitrogens is 1. The Morgan fingerprint density at radius 3 is 2.58 bits per heavy atom. The summed E-state index contributed by atoms with van der Waals surface area (Å²) in [4.78, 5) is 14.5. The van der Waals surface area contributed by atoms with Crippen molar-refractivity contribution in [2.24, 2.45) is 10.2 Å². The zero-order valence-corrected chi connectivity index (χ0v) is 12.9. The summed E-state index contributed by atoms with van der Waals surface area (Å²) in [6.07, 6.45) is 0. The van der Waals surface area contributed by atoms with Crippen LogP contribution in [0.3, 0.4) is 0 Å². The molecule has 0 aliphatic rings. The summed E-state index contributed by atoms with van der Waals surface area (Å²) in [7, 11) is 1.57. The summed E-state index contributed by atoms with van der Waals surface area (Å²) in [5, 5.41) is 17.9. The van der Waals surface area contributed by atoms with Crippen LogP contribution in [-0.2, 0) is 4.79 Å². The first-order valence-electron chi connectivity index (χ1n) is 7.18. The van der Waals surface area contributed by atoms with Gasteiger partial charge in [-0.05, 0) is 30.3 Å².